The lowest BCUT2D eigenvalue weighted by Gasteiger charge is -2.03. The average Bonchev–Trinajstić information content (AvgIpc) is 2.85. The predicted molar refractivity (Wildman–Crippen MR) is 84.7 cm³/mol. The number of ether oxygens (including phenoxy) is 2. The Morgan fingerprint density at radius 1 is 1.41 bits per heavy atom. The molecule has 0 spiro atoms. The molecule has 22 heavy (non-hydrogen) atoms. The van der Waals surface area contributed by atoms with Crippen molar-refractivity contribution < 1.29 is 19.4 Å². The third-order valence-corrected chi connectivity index (χ3v) is 4.03. The standard InChI is InChI=1S/C16H19NO4S/c1-3-20-15(19)14-11(2)17-16(22-14)21-9-5-7-12-6-4-8-13(18)10-12/h4,6,8,10,18H,3,5,7,9H2,1-2H3. The Balaban J connectivity index is 1.82. The highest BCUT2D eigenvalue weighted by Gasteiger charge is 2.16. The number of rotatable bonds is 7. The highest BCUT2D eigenvalue weighted by Crippen LogP contribution is 2.25. The van der Waals surface area contributed by atoms with E-state index in [1.165, 1.54) is 11.3 Å². The zero-order valence-corrected chi connectivity index (χ0v) is 13.5. The third-order valence-electron chi connectivity index (χ3n) is 2.98. The van der Waals surface area contributed by atoms with Gasteiger partial charge in [-0.3, -0.25) is 0 Å². The molecule has 0 aliphatic heterocycles. The van der Waals surface area contributed by atoms with Crippen LogP contribution in [0.3, 0.4) is 0 Å². The van der Waals surface area contributed by atoms with E-state index in [-0.39, 0.29) is 11.7 Å². The van der Waals surface area contributed by atoms with Gasteiger partial charge in [0.2, 0.25) is 0 Å². The van der Waals surface area contributed by atoms with Crippen LogP contribution in [-0.4, -0.2) is 29.3 Å². The van der Waals surface area contributed by atoms with Crippen molar-refractivity contribution in [1.29, 1.82) is 0 Å². The first-order valence-corrected chi connectivity index (χ1v) is 7.97. The lowest BCUT2D eigenvalue weighted by molar-refractivity contribution is 0.0531. The van der Waals surface area contributed by atoms with Crippen LogP contribution >= 0.6 is 11.3 Å². The Labute approximate surface area is 133 Å². The molecular weight excluding hydrogens is 302 g/mol. The molecule has 1 N–H and O–H groups in total. The van der Waals surface area contributed by atoms with Gasteiger partial charge < -0.3 is 14.6 Å². The molecule has 0 aliphatic rings. The van der Waals surface area contributed by atoms with Gasteiger partial charge in [-0.05, 0) is 44.4 Å². The van der Waals surface area contributed by atoms with Gasteiger partial charge in [-0.1, -0.05) is 23.5 Å². The first-order valence-electron chi connectivity index (χ1n) is 7.15. The van der Waals surface area contributed by atoms with Crippen molar-refractivity contribution in [3.63, 3.8) is 0 Å². The van der Waals surface area contributed by atoms with Gasteiger partial charge in [-0.2, -0.15) is 0 Å². The molecule has 0 saturated carbocycles. The Bertz CT molecular complexity index is 639. The first-order chi connectivity index (χ1) is 10.6. The molecule has 0 saturated heterocycles. The zero-order valence-electron chi connectivity index (χ0n) is 12.7. The van der Waals surface area contributed by atoms with Gasteiger partial charge in [0.1, 0.15) is 10.6 Å². The average molecular weight is 321 g/mol. The van der Waals surface area contributed by atoms with Crippen LogP contribution in [0, 0.1) is 6.92 Å². The second kappa shape index (κ2) is 7.79. The number of nitrogens with zero attached hydrogens (tertiary/aromatic N) is 1. The number of phenolic OH excluding ortho intramolecular Hbond substituents is 1. The van der Waals surface area contributed by atoms with Gasteiger partial charge in [-0.15, -0.1) is 0 Å². The first kappa shape index (κ1) is 16.3. The number of hydrogen-bond acceptors (Lipinski definition) is 6. The fraction of sp³-hybridized carbons (Fsp3) is 0.375. The van der Waals surface area contributed by atoms with E-state index in [0.717, 1.165) is 18.4 Å². The van der Waals surface area contributed by atoms with E-state index in [9.17, 15) is 9.90 Å². The van der Waals surface area contributed by atoms with Crippen molar-refractivity contribution in [2.45, 2.75) is 26.7 Å². The van der Waals surface area contributed by atoms with E-state index in [2.05, 4.69) is 4.98 Å². The smallest absolute Gasteiger partial charge is 0.350 e. The minimum atomic E-state index is -0.355. The fourth-order valence-electron chi connectivity index (χ4n) is 1.97. The van der Waals surface area contributed by atoms with Crippen molar-refractivity contribution in [2.24, 2.45) is 0 Å². The third kappa shape index (κ3) is 4.46. The summed E-state index contributed by atoms with van der Waals surface area (Å²) in [6.07, 6.45) is 1.61. The van der Waals surface area contributed by atoms with Crippen molar-refractivity contribution in [1.82, 2.24) is 4.98 Å². The van der Waals surface area contributed by atoms with Crippen LogP contribution in [0.15, 0.2) is 24.3 Å². The topological polar surface area (TPSA) is 68.7 Å². The van der Waals surface area contributed by atoms with Gasteiger partial charge in [-0.25, -0.2) is 9.78 Å². The normalized spacial score (nSPS) is 10.5. The van der Waals surface area contributed by atoms with Crippen LogP contribution in [-0.2, 0) is 11.2 Å². The van der Waals surface area contributed by atoms with Gasteiger partial charge in [0.25, 0.3) is 5.19 Å². The maximum atomic E-state index is 11.7. The van der Waals surface area contributed by atoms with E-state index in [0.29, 0.717) is 29.0 Å². The SMILES string of the molecule is CCOC(=O)c1sc(OCCCc2cccc(O)c2)nc1C. The summed E-state index contributed by atoms with van der Waals surface area (Å²) in [6.45, 7) is 4.39. The van der Waals surface area contributed by atoms with Crippen LogP contribution in [0.4, 0.5) is 0 Å². The monoisotopic (exact) mass is 321 g/mol. The molecular formula is C16H19NO4S. The van der Waals surface area contributed by atoms with Crippen molar-refractivity contribution >= 4 is 17.3 Å². The predicted octanol–water partition coefficient (Wildman–Crippen LogP) is 3.35. The van der Waals surface area contributed by atoms with Crippen molar-refractivity contribution in [2.75, 3.05) is 13.2 Å². The van der Waals surface area contributed by atoms with Crippen LogP contribution in [0.5, 0.6) is 10.9 Å². The van der Waals surface area contributed by atoms with Crippen LogP contribution in [0.2, 0.25) is 0 Å². The number of phenols is 1. The van der Waals surface area contributed by atoms with Crippen LogP contribution in [0.1, 0.15) is 34.3 Å². The van der Waals surface area contributed by atoms with Gasteiger partial charge >= 0.3 is 5.97 Å². The molecule has 0 fully saturated rings. The molecule has 0 aliphatic carbocycles. The minimum Gasteiger partial charge on any atom is -0.508 e. The molecule has 0 radical (unpaired) electrons. The molecule has 1 heterocycles. The number of aromatic hydroxyl groups is 1. The maximum Gasteiger partial charge on any atom is 0.350 e. The Morgan fingerprint density at radius 3 is 2.95 bits per heavy atom. The number of carbonyl (C=O) groups excluding carboxylic acids is 1. The minimum absolute atomic E-state index is 0.271. The van der Waals surface area contributed by atoms with Crippen LogP contribution in [0.25, 0.3) is 0 Å². The Kier molecular flexibility index (Phi) is 5.77. The summed E-state index contributed by atoms with van der Waals surface area (Å²) >= 11 is 1.21. The largest absolute Gasteiger partial charge is 0.508 e. The van der Waals surface area contributed by atoms with E-state index >= 15 is 0 Å². The summed E-state index contributed by atoms with van der Waals surface area (Å²) in [4.78, 5) is 16.4. The van der Waals surface area contributed by atoms with E-state index in [4.69, 9.17) is 9.47 Å². The lowest BCUT2D eigenvalue weighted by Crippen LogP contribution is -2.03. The zero-order chi connectivity index (χ0) is 15.9. The molecule has 2 aromatic rings. The molecule has 6 heteroatoms. The molecule has 118 valence electrons. The number of esters is 1. The highest BCUT2D eigenvalue weighted by atomic mass is 32.1. The maximum absolute atomic E-state index is 11.7. The van der Waals surface area contributed by atoms with Gasteiger partial charge in [0.15, 0.2) is 0 Å². The molecule has 1 aromatic carbocycles. The second-order valence-corrected chi connectivity index (χ2v) is 5.70. The lowest BCUT2D eigenvalue weighted by atomic mass is 10.1. The van der Waals surface area contributed by atoms with Crippen molar-refractivity contribution in [3.8, 4) is 10.9 Å². The molecule has 2 rings (SSSR count). The summed E-state index contributed by atoms with van der Waals surface area (Å²) in [7, 11) is 0. The molecule has 5 nitrogen and oxygen atoms in total. The van der Waals surface area contributed by atoms with E-state index in [1.807, 2.05) is 12.1 Å². The van der Waals surface area contributed by atoms with Crippen LogP contribution < -0.4 is 4.74 Å². The number of aromatic nitrogens is 1. The molecule has 0 atom stereocenters. The van der Waals surface area contributed by atoms with Gasteiger partial charge in [0.05, 0.1) is 18.9 Å². The number of benzene rings is 1. The quantitative estimate of drug-likeness (QED) is 0.625. The summed E-state index contributed by atoms with van der Waals surface area (Å²) in [5, 5.41) is 9.88. The molecule has 1 aromatic heterocycles. The van der Waals surface area contributed by atoms with Gasteiger partial charge in [0, 0.05) is 0 Å². The fourth-order valence-corrected chi connectivity index (χ4v) is 2.80. The van der Waals surface area contributed by atoms with Crippen molar-refractivity contribution in [3.05, 3.63) is 40.4 Å². The molecule has 0 unspecified atom stereocenters. The Hall–Kier alpha value is -2.08. The number of hydrogen-bond donors (Lipinski definition) is 1. The number of thiazole rings is 1. The second-order valence-electron chi connectivity index (χ2n) is 4.74. The summed E-state index contributed by atoms with van der Waals surface area (Å²) in [5.41, 5.74) is 1.69. The summed E-state index contributed by atoms with van der Waals surface area (Å²) < 4.78 is 10.6. The molecule has 0 bridgehead atoms. The summed E-state index contributed by atoms with van der Waals surface area (Å²) in [5.74, 6) is -0.0832. The molecule has 0 amide bonds. The van der Waals surface area contributed by atoms with E-state index < -0.39 is 0 Å². The summed E-state index contributed by atoms with van der Waals surface area (Å²) in [6, 6.07) is 7.18. The Morgan fingerprint density at radius 2 is 2.23 bits per heavy atom. The number of aryl methyl sites for hydroxylation is 2. The highest BCUT2D eigenvalue weighted by molar-refractivity contribution is 7.15. The number of carbonyl (C=O) groups is 1. The van der Waals surface area contributed by atoms with E-state index in [1.54, 1.807) is 26.0 Å².